The van der Waals surface area contributed by atoms with Gasteiger partial charge in [-0.15, -0.1) is 0 Å². The number of ketones is 1. The Kier molecular flexibility index (Phi) is 8.43. The van der Waals surface area contributed by atoms with Crippen molar-refractivity contribution in [3.8, 4) is 11.5 Å². The molecule has 5 rings (SSSR count). The lowest BCUT2D eigenvalue weighted by Crippen LogP contribution is -2.36. The number of dihydropyridines is 1. The minimum atomic E-state index is -0.657. The highest BCUT2D eigenvalue weighted by Crippen LogP contribution is 2.46. The summed E-state index contributed by atoms with van der Waals surface area (Å²) in [5, 5.41) is 3.37. The normalized spacial score (nSPS) is 18.1. The molecule has 2 aliphatic rings. The molecule has 0 fully saturated rings. The zero-order valence-electron chi connectivity index (χ0n) is 24.1. The Bertz CT molecular complexity index is 1570. The number of esters is 2. The molecule has 1 heterocycles. The Labute approximate surface area is 244 Å². The molecule has 1 N–H and O–H groups in total. The van der Waals surface area contributed by atoms with Gasteiger partial charge in [0.05, 0.1) is 32.5 Å². The van der Waals surface area contributed by atoms with Crippen LogP contribution in [0.5, 0.6) is 11.5 Å². The number of rotatable bonds is 8. The summed E-state index contributed by atoms with van der Waals surface area (Å²) in [6.07, 6.45) is 0.828. The molecular weight excluding hydrogens is 534 g/mol. The number of nitrogens with one attached hydrogen (secondary N) is 1. The van der Waals surface area contributed by atoms with Crippen LogP contribution in [-0.4, -0.2) is 39.1 Å². The molecule has 3 aromatic rings. The van der Waals surface area contributed by atoms with Gasteiger partial charge in [-0.1, -0.05) is 48.5 Å². The minimum Gasteiger partial charge on any atom is -0.493 e. The van der Waals surface area contributed by atoms with Crippen LogP contribution in [-0.2, 0) is 25.7 Å². The first-order valence-corrected chi connectivity index (χ1v) is 13.7. The second-order valence-electron chi connectivity index (χ2n) is 10.3. The first-order valence-electron chi connectivity index (χ1n) is 13.7. The molecule has 0 saturated heterocycles. The molecule has 0 unspecified atom stereocenters. The van der Waals surface area contributed by atoms with Gasteiger partial charge in [-0.25, -0.2) is 9.59 Å². The minimum absolute atomic E-state index is 0.0635. The van der Waals surface area contributed by atoms with Crippen molar-refractivity contribution in [2.24, 2.45) is 0 Å². The number of hydrogen-bond donors (Lipinski definition) is 1. The summed E-state index contributed by atoms with van der Waals surface area (Å²) < 4.78 is 21.5. The predicted octanol–water partition coefficient (Wildman–Crippen LogP) is 5.60. The van der Waals surface area contributed by atoms with Crippen LogP contribution in [0.25, 0.3) is 0 Å². The van der Waals surface area contributed by atoms with Crippen LogP contribution in [0.15, 0.2) is 95.3 Å². The third kappa shape index (κ3) is 5.65. The summed E-state index contributed by atoms with van der Waals surface area (Å²) in [7, 11) is 4.49. The maximum absolute atomic E-state index is 13.9. The Morgan fingerprint density at radius 3 is 2.19 bits per heavy atom. The van der Waals surface area contributed by atoms with Gasteiger partial charge in [0.15, 0.2) is 17.3 Å². The fourth-order valence-electron chi connectivity index (χ4n) is 5.72. The van der Waals surface area contributed by atoms with Gasteiger partial charge < -0.3 is 24.3 Å². The highest BCUT2D eigenvalue weighted by atomic mass is 16.5. The van der Waals surface area contributed by atoms with E-state index in [9.17, 15) is 14.4 Å². The second-order valence-corrected chi connectivity index (χ2v) is 10.3. The van der Waals surface area contributed by atoms with Crippen molar-refractivity contribution in [3.05, 3.63) is 118 Å². The largest absolute Gasteiger partial charge is 0.493 e. The van der Waals surface area contributed by atoms with E-state index in [1.54, 1.807) is 38.5 Å². The van der Waals surface area contributed by atoms with E-state index >= 15 is 0 Å². The smallest absolute Gasteiger partial charge is 0.337 e. The third-order valence-corrected chi connectivity index (χ3v) is 7.80. The zero-order valence-corrected chi connectivity index (χ0v) is 24.1. The van der Waals surface area contributed by atoms with Crippen molar-refractivity contribution >= 4 is 17.7 Å². The lowest BCUT2D eigenvalue weighted by molar-refractivity contribution is -0.140. The summed E-state index contributed by atoms with van der Waals surface area (Å²) in [5.41, 5.74) is 5.20. The van der Waals surface area contributed by atoms with Crippen LogP contribution < -0.4 is 14.8 Å². The lowest BCUT2D eigenvalue weighted by atomic mass is 9.71. The maximum Gasteiger partial charge on any atom is 0.337 e. The van der Waals surface area contributed by atoms with Crippen LogP contribution in [0.3, 0.4) is 0 Å². The fourth-order valence-corrected chi connectivity index (χ4v) is 5.72. The van der Waals surface area contributed by atoms with Crippen LogP contribution in [0.2, 0.25) is 0 Å². The van der Waals surface area contributed by atoms with Crippen molar-refractivity contribution in [2.45, 2.75) is 38.2 Å². The quantitative estimate of drug-likeness (QED) is 0.352. The van der Waals surface area contributed by atoms with Crippen molar-refractivity contribution in [3.63, 3.8) is 0 Å². The molecule has 8 heteroatoms. The Morgan fingerprint density at radius 2 is 1.52 bits per heavy atom. The van der Waals surface area contributed by atoms with Crippen molar-refractivity contribution in [1.82, 2.24) is 5.32 Å². The number of ether oxygens (including phenoxy) is 4. The summed E-state index contributed by atoms with van der Waals surface area (Å²) in [6, 6.07) is 21.9. The molecule has 216 valence electrons. The van der Waals surface area contributed by atoms with E-state index in [0.29, 0.717) is 45.9 Å². The van der Waals surface area contributed by atoms with E-state index in [2.05, 4.69) is 5.32 Å². The standard InChI is InChI=1S/C34H33NO7/c1-20-30(34(38)42-19-21-8-6-5-7-9-21)31(22-10-12-23(13-11-22)33(37)41-4)32-26(35-20)16-25(17-27(32)36)24-14-15-28(39-2)29(18-24)40-3/h5-15,18,25,31,35H,16-17,19H2,1-4H3/t25-,31-/m1/s1. The summed E-state index contributed by atoms with van der Waals surface area (Å²) in [4.78, 5) is 39.7. The lowest BCUT2D eigenvalue weighted by Gasteiger charge is -2.36. The molecule has 1 aliphatic carbocycles. The molecule has 1 aliphatic heterocycles. The van der Waals surface area contributed by atoms with Gasteiger partial charge in [0, 0.05) is 29.3 Å². The molecule has 0 radical (unpaired) electrons. The van der Waals surface area contributed by atoms with E-state index in [1.807, 2.05) is 55.5 Å². The highest BCUT2D eigenvalue weighted by molar-refractivity contribution is 6.04. The summed E-state index contributed by atoms with van der Waals surface area (Å²) in [6.45, 7) is 1.93. The number of hydrogen-bond acceptors (Lipinski definition) is 8. The highest BCUT2D eigenvalue weighted by Gasteiger charge is 2.41. The van der Waals surface area contributed by atoms with Crippen LogP contribution in [0.1, 0.15) is 58.6 Å². The fraction of sp³-hybridized carbons (Fsp3) is 0.265. The molecule has 2 atom stereocenters. The van der Waals surface area contributed by atoms with Gasteiger partial charge in [-0.2, -0.15) is 0 Å². The van der Waals surface area contributed by atoms with Crippen molar-refractivity contribution < 1.29 is 33.3 Å². The molecular formula is C34H33NO7. The SMILES string of the molecule is COC(=O)c1ccc([C@@H]2C(C(=O)OCc3ccccc3)=C(C)NC3=C2C(=O)C[C@H](c2ccc(OC)c(OC)c2)C3)cc1. The van der Waals surface area contributed by atoms with Gasteiger partial charge in [0.1, 0.15) is 6.61 Å². The van der Waals surface area contributed by atoms with E-state index in [4.69, 9.17) is 18.9 Å². The monoisotopic (exact) mass is 567 g/mol. The average molecular weight is 568 g/mol. The number of Topliss-reactive ketones (excluding diaryl/α,β-unsaturated/α-hetero) is 1. The molecule has 0 bridgehead atoms. The van der Waals surface area contributed by atoms with Crippen molar-refractivity contribution in [1.29, 1.82) is 0 Å². The number of methoxy groups -OCH3 is 3. The van der Waals surface area contributed by atoms with Gasteiger partial charge in [-0.3, -0.25) is 4.79 Å². The number of benzene rings is 3. The Hall–Kier alpha value is -4.85. The maximum atomic E-state index is 13.9. The number of carbonyl (C=O) groups is 3. The molecule has 0 saturated carbocycles. The van der Waals surface area contributed by atoms with Gasteiger partial charge in [0.2, 0.25) is 0 Å². The van der Waals surface area contributed by atoms with Crippen LogP contribution >= 0.6 is 0 Å². The molecule has 42 heavy (non-hydrogen) atoms. The van der Waals surface area contributed by atoms with Crippen LogP contribution in [0.4, 0.5) is 0 Å². The first kappa shape index (κ1) is 28.7. The summed E-state index contributed by atoms with van der Waals surface area (Å²) >= 11 is 0. The van der Waals surface area contributed by atoms with Gasteiger partial charge in [0.25, 0.3) is 0 Å². The number of allylic oxidation sites excluding steroid dienone is 3. The molecule has 0 amide bonds. The number of carbonyl (C=O) groups excluding carboxylic acids is 3. The summed E-state index contributed by atoms with van der Waals surface area (Å²) in [5.74, 6) is -0.569. The molecule has 0 aromatic heterocycles. The Morgan fingerprint density at radius 1 is 0.833 bits per heavy atom. The van der Waals surface area contributed by atoms with E-state index in [1.165, 1.54) is 7.11 Å². The first-order chi connectivity index (χ1) is 20.3. The predicted molar refractivity (Wildman–Crippen MR) is 156 cm³/mol. The van der Waals surface area contributed by atoms with E-state index in [0.717, 1.165) is 16.8 Å². The second kappa shape index (κ2) is 12.3. The average Bonchev–Trinajstić information content (AvgIpc) is 3.02. The molecule has 0 spiro atoms. The van der Waals surface area contributed by atoms with E-state index in [-0.39, 0.29) is 24.7 Å². The van der Waals surface area contributed by atoms with Gasteiger partial charge >= 0.3 is 11.9 Å². The molecule has 8 nitrogen and oxygen atoms in total. The topological polar surface area (TPSA) is 100 Å². The van der Waals surface area contributed by atoms with Gasteiger partial charge in [-0.05, 0) is 60.2 Å². The van der Waals surface area contributed by atoms with Crippen LogP contribution in [0, 0.1) is 0 Å². The molecule has 3 aromatic carbocycles. The Balaban J connectivity index is 1.52. The van der Waals surface area contributed by atoms with Crippen molar-refractivity contribution in [2.75, 3.05) is 21.3 Å². The zero-order chi connectivity index (χ0) is 29.8. The van der Waals surface area contributed by atoms with E-state index < -0.39 is 17.9 Å². The third-order valence-electron chi connectivity index (χ3n) is 7.80.